The van der Waals surface area contributed by atoms with Crippen molar-refractivity contribution in [2.75, 3.05) is 34.0 Å². The molecule has 6 nitrogen and oxygen atoms in total. The predicted octanol–water partition coefficient (Wildman–Crippen LogP) is 2.99. The summed E-state index contributed by atoms with van der Waals surface area (Å²) >= 11 is 0. The first-order valence-electron chi connectivity index (χ1n) is 8.09. The Balaban J connectivity index is 3.82. The van der Waals surface area contributed by atoms with E-state index in [1.807, 2.05) is 0 Å². The molecule has 130 valence electrons. The Kier molecular flexibility index (Phi) is 12.6. The van der Waals surface area contributed by atoms with Crippen LogP contribution in [0.4, 0.5) is 4.79 Å². The van der Waals surface area contributed by atoms with Gasteiger partial charge in [-0.2, -0.15) is 0 Å². The fourth-order valence-corrected chi connectivity index (χ4v) is 1.81. The van der Waals surface area contributed by atoms with Crippen molar-refractivity contribution in [2.45, 2.75) is 58.4 Å². The minimum absolute atomic E-state index is 0.166. The highest BCUT2D eigenvalue weighted by Crippen LogP contribution is 2.06. The van der Waals surface area contributed by atoms with Gasteiger partial charge in [0.1, 0.15) is 12.6 Å². The summed E-state index contributed by atoms with van der Waals surface area (Å²) in [4.78, 5) is 24.8. The second kappa shape index (κ2) is 13.4. The van der Waals surface area contributed by atoms with E-state index < -0.39 is 18.1 Å². The van der Waals surface area contributed by atoms with Gasteiger partial charge in [0.2, 0.25) is 0 Å². The van der Waals surface area contributed by atoms with Crippen LogP contribution in [0.25, 0.3) is 0 Å². The number of methoxy groups -OCH3 is 1. The number of unbranched alkanes of at least 4 members (excludes halogenated alkanes) is 5. The van der Waals surface area contributed by atoms with Crippen molar-refractivity contribution < 1.29 is 23.8 Å². The number of ether oxygens (including phenoxy) is 3. The number of likely N-dealkylation sites (N-methyl/N-ethyl adjacent to an activating group) is 1. The first-order valence-corrected chi connectivity index (χ1v) is 8.09. The summed E-state index contributed by atoms with van der Waals surface area (Å²) in [5.74, 6) is -0.403. The number of esters is 1. The summed E-state index contributed by atoms with van der Waals surface area (Å²) in [6.07, 6.45) is 6.26. The van der Waals surface area contributed by atoms with Gasteiger partial charge in [-0.05, 0) is 13.3 Å². The van der Waals surface area contributed by atoms with Crippen LogP contribution in [0.2, 0.25) is 0 Å². The van der Waals surface area contributed by atoms with Crippen molar-refractivity contribution in [3.05, 3.63) is 0 Å². The van der Waals surface area contributed by atoms with E-state index in [0.29, 0.717) is 13.2 Å². The molecule has 0 aromatic heterocycles. The number of hydrogen-bond donors (Lipinski definition) is 0. The van der Waals surface area contributed by atoms with Crippen molar-refractivity contribution in [2.24, 2.45) is 0 Å². The average molecular weight is 317 g/mol. The monoisotopic (exact) mass is 317 g/mol. The van der Waals surface area contributed by atoms with Crippen LogP contribution in [-0.2, 0) is 19.0 Å². The Morgan fingerprint density at radius 2 is 1.59 bits per heavy atom. The second-order valence-corrected chi connectivity index (χ2v) is 5.33. The number of amides is 1. The molecule has 0 aliphatic rings. The third-order valence-electron chi connectivity index (χ3n) is 3.47. The summed E-state index contributed by atoms with van der Waals surface area (Å²) in [6, 6.07) is -0.657. The van der Waals surface area contributed by atoms with Gasteiger partial charge < -0.3 is 14.2 Å². The largest absolute Gasteiger partial charge is 0.464 e. The molecule has 0 aromatic carbocycles. The van der Waals surface area contributed by atoms with E-state index in [2.05, 4.69) is 6.92 Å². The molecule has 6 heteroatoms. The van der Waals surface area contributed by atoms with Crippen molar-refractivity contribution in [1.82, 2.24) is 4.90 Å². The summed E-state index contributed by atoms with van der Waals surface area (Å²) in [7, 11) is 3.05. The maximum Gasteiger partial charge on any atom is 0.410 e. The van der Waals surface area contributed by atoms with Crippen molar-refractivity contribution in [1.29, 1.82) is 0 Å². The van der Waals surface area contributed by atoms with Crippen LogP contribution < -0.4 is 0 Å². The lowest BCUT2D eigenvalue weighted by atomic mass is 10.1. The summed E-state index contributed by atoms with van der Waals surface area (Å²) in [5, 5.41) is 0. The van der Waals surface area contributed by atoms with Gasteiger partial charge in [0.25, 0.3) is 0 Å². The van der Waals surface area contributed by atoms with E-state index in [4.69, 9.17) is 14.2 Å². The topological polar surface area (TPSA) is 65.1 Å². The molecule has 1 atom stereocenters. The highest BCUT2D eigenvalue weighted by molar-refractivity contribution is 5.80. The standard InChI is InChI=1S/C16H31NO5/c1-5-6-7-8-9-10-11-21-15(18)14(2)17(3)16(19)22-13-12-20-4/h14H,5-13H2,1-4H3. The Bertz CT molecular complexity index is 309. The molecule has 22 heavy (non-hydrogen) atoms. The highest BCUT2D eigenvalue weighted by Gasteiger charge is 2.24. The molecule has 0 saturated carbocycles. The van der Waals surface area contributed by atoms with E-state index in [9.17, 15) is 9.59 Å². The molecular weight excluding hydrogens is 286 g/mol. The van der Waals surface area contributed by atoms with Crippen LogP contribution in [0.5, 0.6) is 0 Å². The van der Waals surface area contributed by atoms with Crippen LogP contribution in [0.1, 0.15) is 52.4 Å². The Morgan fingerprint density at radius 3 is 2.23 bits per heavy atom. The zero-order chi connectivity index (χ0) is 16.8. The Morgan fingerprint density at radius 1 is 0.955 bits per heavy atom. The number of carbonyl (C=O) groups is 2. The first kappa shape index (κ1) is 20.7. The van der Waals surface area contributed by atoms with E-state index in [1.54, 1.807) is 6.92 Å². The molecule has 1 unspecified atom stereocenters. The fraction of sp³-hybridized carbons (Fsp3) is 0.875. The molecule has 0 saturated heterocycles. The number of rotatable bonds is 12. The van der Waals surface area contributed by atoms with Crippen molar-refractivity contribution in [3.63, 3.8) is 0 Å². The maximum absolute atomic E-state index is 11.9. The quantitative estimate of drug-likeness (QED) is 0.409. The molecule has 0 N–H and O–H groups in total. The van der Waals surface area contributed by atoms with Gasteiger partial charge in [-0.25, -0.2) is 9.59 Å². The van der Waals surface area contributed by atoms with Crippen molar-refractivity contribution >= 4 is 12.1 Å². The zero-order valence-electron chi connectivity index (χ0n) is 14.4. The van der Waals surface area contributed by atoms with Gasteiger partial charge in [-0.1, -0.05) is 39.0 Å². The summed E-state index contributed by atoms with van der Waals surface area (Å²) in [5.41, 5.74) is 0. The molecule has 0 fully saturated rings. The fourth-order valence-electron chi connectivity index (χ4n) is 1.81. The summed E-state index contributed by atoms with van der Waals surface area (Å²) in [6.45, 7) is 4.71. The molecule has 0 rings (SSSR count). The van der Waals surface area contributed by atoms with Gasteiger partial charge in [0, 0.05) is 14.2 Å². The van der Waals surface area contributed by atoms with E-state index >= 15 is 0 Å². The number of carbonyl (C=O) groups excluding carboxylic acids is 2. The number of nitrogens with zero attached hydrogens (tertiary/aromatic N) is 1. The maximum atomic E-state index is 11.9. The molecule has 0 aliphatic heterocycles. The second-order valence-electron chi connectivity index (χ2n) is 5.33. The van der Waals surface area contributed by atoms with Crippen LogP contribution >= 0.6 is 0 Å². The predicted molar refractivity (Wildman–Crippen MR) is 84.8 cm³/mol. The van der Waals surface area contributed by atoms with Crippen LogP contribution in [0.3, 0.4) is 0 Å². The molecule has 0 radical (unpaired) electrons. The minimum Gasteiger partial charge on any atom is -0.464 e. The zero-order valence-corrected chi connectivity index (χ0v) is 14.4. The number of hydrogen-bond acceptors (Lipinski definition) is 5. The molecule has 0 heterocycles. The van der Waals surface area contributed by atoms with Crippen LogP contribution in [-0.4, -0.2) is 57.0 Å². The summed E-state index contributed by atoms with van der Waals surface area (Å²) < 4.78 is 14.9. The average Bonchev–Trinajstić information content (AvgIpc) is 2.52. The van der Waals surface area contributed by atoms with Crippen LogP contribution in [0, 0.1) is 0 Å². The lowest BCUT2D eigenvalue weighted by Crippen LogP contribution is -2.42. The lowest BCUT2D eigenvalue weighted by molar-refractivity contribution is -0.148. The Hall–Kier alpha value is -1.30. The van der Waals surface area contributed by atoms with Gasteiger partial charge >= 0.3 is 12.1 Å². The first-order chi connectivity index (χ1) is 10.5. The minimum atomic E-state index is -0.657. The normalized spacial score (nSPS) is 11.8. The molecule has 0 bridgehead atoms. The SMILES string of the molecule is CCCCCCCCOC(=O)C(C)N(C)C(=O)OCCOC. The molecular formula is C16H31NO5. The molecule has 1 amide bonds. The van der Waals surface area contributed by atoms with E-state index in [0.717, 1.165) is 12.8 Å². The van der Waals surface area contributed by atoms with Gasteiger partial charge in [0.05, 0.1) is 13.2 Å². The van der Waals surface area contributed by atoms with Crippen molar-refractivity contribution in [3.8, 4) is 0 Å². The van der Waals surface area contributed by atoms with E-state index in [-0.39, 0.29) is 6.61 Å². The molecule has 0 aromatic rings. The highest BCUT2D eigenvalue weighted by atomic mass is 16.6. The van der Waals surface area contributed by atoms with E-state index in [1.165, 1.54) is 44.7 Å². The third kappa shape index (κ3) is 9.60. The van der Waals surface area contributed by atoms with Crippen LogP contribution in [0.15, 0.2) is 0 Å². The van der Waals surface area contributed by atoms with Gasteiger partial charge in [-0.15, -0.1) is 0 Å². The molecule has 0 aliphatic carbocycles. The lowest BCUT2D eigenvalue weighted by Gasteiger charge is -2.22. The van der Waals surface area contributed by atoms with Gasteiger partial charge in [-0.3, -0.25) is 4.90 Å². The Labute approximate surface area is 134 Å². The third-order valence-corrected chi connectivity index (χ3v) is 3.47. The smallest absolute Gasteiger partial charge is 0.410 e. The molecule has 0 spiro atoms. The van der Waals surface area contributed by atoms with Gasteiger partial charge in [0.15, 0.2) is 0 Å².